The van der Waals surface area contributed by atoms with E-state index in [9.17, 15) is 4.79 Å². The second-order valence-corrected chi connectivity index (χ2v) is 9.13. The number of carbonyl (C=O) groups is 1. The van der Waals surface area contributed by atoms with Gasteiger partial charge in [0.25, 0.3) is 0 Å². The Morgan fingerprint density at radius 2 is 2.06 bits per heavy atom. The Balaban J connectivity index is 1.27. The van der Waals surface area contributed by atoms with Gasteiger partial charge in [-0.1, -0.05) is 30.3 Å². The second kappa shape index (κ2) is 9.54. The van der Waals surface area contributed by atoms with Gasteiger partial charge in [-0.05, 0) is 43.2 Å². The first-order valence-corrected chi connectivity index (χ1v) is 12.2. The molecule has 2 amide bonds. The first-order chi connectivity index (χ1) is 17.7. The standard InChI is InChI=1S/C28H28N4O4/c1-34-22-10-4-7-19(15-22)25-24-12-2-3-14-32(24)27(30-25)20-9-6-13-31(16-20)28(33)29-23-11-5-8-21-17-35-18-36-26(21)23/h2-5,7-8,10-12,14-15,20H,6,9,13,16-18H2,1H3,(H,29,33). The predicted molar refractivity (Wildman–Crippen MR) is 136 cm³/mol. The number of likely N-dealkylation sites (tertiary alicyclic amines) is 1. The Morgan fingerprint density at radius 3 is 2.97 bits per heavy atom. The summed E-state index contributed by atoms with van der Waals surface area (Å²) >= 11 is 0. The molecule has 1 unspecified atom stereocenters. The summed E-state index contributed by atoms with van der Waals surface area (Å²) < 4.78 is 18.6. The van der Waals surface area contributed by atoms with Crippen molar-refractivity contribution in [3.63, 3.8) is 0 Å². The number of pyridine rings is 1. The first-order valence-electron chi connectivity index (χ1n) is 12.2. The van der Waals surface area contributed by atoms with E-state index in [-0.39, 0.29) is 18.7 Å². The van der Waals surface area contributed by atoms with Gasteiger partial charge in [0.1, 0.15) is 11.6 Å². The molecule has 2 aliphatic rings. The molecule has 1 atom stereocenters. The number of benzene rings is 2. The summed E-state index contributed by atoms with van der Waals surface area (Å²) in [6, 6.07) is 19.7. The van der Waals surface area contributed by atoms with Crippen molar-refractivity contribution >= 4 is 17.2 Å². The molecule has 184 valence electrons. The highest BCUT2D eigenvalue weighted by molar-refractivity contribution is 5.91. The van der Waals surface area contributed by atoms with Crippen LogP contribution >= 0.6 is 0 Å². The summed E-state index contributed by atoms with van der Waals surface area (Å²) in [6.45, 7) is 1.96. The van der Waals surface area contributed by atoms with Gasteiger partial charge in [0, 0.05) is 36.3 Å². The van der Waals surface area contributed by atoms with Gasteiger partial charge in [-0.3, -0.25) is 0 Å². The molecule has 2 aromatic heterocycles. The number of hydrogen-bond acceptors (Lipinski definition) is 5. The van der Waals surface area contributed by atoms with Crippen LogP contribution in [0.4, 0.5) is 10.5 Å². The number of imidazole rings is 1. The lowest BCUT2D eigenvalue weighted by atomic mass is 9.97. The molecule has 2 aliphatic heterocycles. The Labute approximate surface area is 209 Å². The average Bonchev–Trinajstić information content (AvgIpc) is 3.33. The fraction of sp³-hybridized carbons (Fsp3) is 0.286. The highest BCUT2D eigenvalue weighted by Gasteiger charge is 2.29. The van der Waals surface area contributed by atoms with E-state index in [1.807, 2.05) is 53.4 Å². The maximum absolute atomic E-state index is 13.3. The van der Waals surface area contributed by atoms with E-state index < -0.39 is 0 Å². The van der Waals surface area contributed by atoms with E-state index in [4.69, 9.17) is 19.2 Å². The van der Waals surface area contributed by atoms with Crippen molar-refractivity contribution in [3.8, 4) is 22.8 Å². The number of anilines is 1. The highest BCUT2D eigenvalue weighted by Crippen LogP contribution is 2.35. The zero-order valence-corrected chi connectivity index (χ0v) is 20.1. The smallest absolute Gasteiger partial charge is 0.321 e. The summed E-state index contributed by atoms with van der Waals surface area (Å²) in [6.07, 6.45) is 3.93. The lowest BCUT2D eigenvalue weighted by molar-refractivity contribution is -0.0158. The lowest BCUT2D eigenvalue weighted by Gasteiger charge is -2.32. The number of fused-ring (bicyclic) bond motifs is 2. The van der Waals surface area contributed by atoms with Crippen LogP contribution in [0, 0.1) is 0 Å². The van der Waals surface area contributed by atoms with Crippen molar-refractivity contribution in [1.82, 2.24) is 14.3 Å². The molecule has 36 heavy (non-hydrogen) atoms. The topological polar surface area (TPSA) is 77.3 Å². The van der Waals surface area contributed by atoms with Gasteiger partial charge in [-0.25, -0.2) is 9.78 Å². The highest BCUT2D eigenvalue weighted by atomic mass is 16.7. The number of carbonyl (C=O) groups excluding carboxylic acids is 1. The molecule has 1 N–H and O–H groups in total. The fourth-order valence-electron chi connectivity index (χ4n) is 5.12. The molecule has 8 heteroatoms. The number of piperidine rings is 1. The Bertz CT molecular complexity index is 1420. The summed E-state index contributed by atoms with van der Waals surface area (Å²) in [5.41, 5.74) is 4.57. The van der Waals surface area contributed by atoms with Crippen molar-refractivity contribution in [3.05, 3.63) is 78.2 Å². The van der Waals surface area contributed by atoms with Crippen LogP contribution in [0.2, 0.25) is 0 Å². The van der Waals surface area contributed by atoms with E-state index in [1.54, 1.807) is 7.11 Å². The van der Waals surface area contributed by atoms with E-state index in [2.05, 4.69) is 28.0 Å². The molecule has 0 bridgehead atoms. The monoisotopic (exact) mass is 484 g/mol. The SMILES string of the molecule is COc1cccc(-c2nc(C3CCCN(C(=O)Nc4cccc5c4OCOC5)C3)n3ccccc23)c1. The summed E-state index contributed by atoms with van der Waals surface area (Å²) in [4.78, 5) is 20.3. The number of amides is 2. The van der Waals surface area contributed by atoms with Crippen molar-refractivity contribution < 1.29 is 19.0 Å². The van der Waals surface area contributed by atoms with E-state index >= 15 is 0 Å². The maximum atomic E-state index is 13.3. The van der Waals surface area contributed by atoms with Crippen molar-refractivity contribution in [2.24, 2.45) is 0 Å². The molecule has 0 radical (unpaired) electrons. The molecule has 1 saturated heterocycles. The Hall–Kier alpha value is -4.04. The maximum Gasteiger partial charge on any atom is 0.321 e. The normalized spacial score (nSPS) is 17.4. The Morgan fingerprint density at radius 1 is 1.14 bits per heavy atom. The molecule has 4 aromatic rings. The van der Waals surface area contributed by atoms with Crippen LogP contribution in [0.15, 0.2) is 66.9 Å². The molecule has 6 rings (SSSR count). The van der Waals surface area contributed by atoms with Gasteiger partial charge in [0.15, 0.2) is 12.5 Å². The van der Waals surface area contributed by atoms with Crippen LogP contribution in [0.3, 0.4) is 0 Å². The third-order valence-corrected chi connectivity index (χ3v) is 6.87. The zero-order chi connectivity index (χ0) is 24.5. The molecule has 0 saturated carbocycles. The fourth-order valence-corrected chi connectivity index (χ4v) is 5.12. The van der Waals surface area contributed by atoms with Crippen molar-refractivity contribution in [2.45, 2.75) is 25.4 Å². The molecule has 0 aliphatic carbocycles. The minimum absolute atomic E-state index is 0.119. The molecule has 1 fully saturated rings. The third kappa shape index (κ3) is 4.13. The molecule has 2 aromatic carbocycles. The van der Waals surface area contributed by atoms with Gasteiger partial charge < -0.3 is 28.8 Å². The number of hydrogen-bond donors (Lipinski definition) is 1. The minimum atomic E-state index is -0.128. The molecular formula is C28H28N4O4. The number of para-hydroxylation sites is 1. The number of methoxy groups -OCH3 is 1. The number of aromatic nitrogens is 2. The van der Waals surface area contributed by atoms with E-state index in [0.29, 0.717) is 31.1 Å². The van der Waals surface area contributed by atoms with Gasteiger partial charge >= 0.3 is 6.03 Å². The third-order valence-electron chi connectivity index (χ3n) is 6.87. The number of nitrogens with one attached hydrogen (secondary N) is 1. The van der Waals surface area contributed by atoms with Crippen LogP contribution in [-0.2, 0) is 11.3 Å². The van der Waals surface area contributed by atoms with Crippen LogP contribution in [0.1, 0.15) is 30.1 Å². The summed E-state index contributed by atoms with van der Waals surface area (Å²) in [5, 5.41) is 3.06. The molecule has 8 nitrogen and oxygen atoms in total. The zero-order valence-electron chi connectivity index (χ0n) is 20.1. The molecular weight excluding hydrogens is 456 g/mol. The van der Waals surface area contributed by atoms with Gasteiger partial charge in [0.2, 0.25) is 0 Å². The van der Waals surface area contributed by atoms with Gasteiger partial charge in [-0.15, -0.1) is 0 Å². The van der Waals surface area contributed by atoms with Crippen LogP contribution in [0.5, 0.6) is 11.5 Å². The number of urea groups is 1. The predicted octanol–water partition coefficient (Wildman–Crippen LogP) is 5.29. The Kier molecular flexibility index (Phi) is 5.95. The average molecular weight is 485 g/mol. The largest absolute Gasteiger partial charge is 0.497 e. The quantitative estimate of drug-likeness (QED) is 0.426. The van der Waals surface area contributed by atoms with Crippen molar-refractivity contribution in [2.75, 3.05) is 32.3 Å². The van der Waals surface area contributed by atoms with Gasteiger partial charge in [0.05, 0.1) is 30.6 Å². The number of rotatable bonds is 4. The van der Waals surface area contributed by atoms with E-state index in [0.717, 1.165) is 46.8 Å². The summed E-state index contributed by atoms with van der Waals surface area (Å²) in [7, 11) is 1.67. The number of ether oxygens (including phenoxy) is 3. The van der Waals surface area contributed by atoms with Crippen LogP contribution in [-0.4, -0.2) is 47.3 Å². The lowest BCUT2D eigenvalue weighted by Crippen LogP contribution is -2.42. The van der Waals surface area contributed by atoms with Crippen molar-refractivity contribution in [1.29, 1.82) is 0 Å². The van der Waals surface area contributed by atoms with Crippen LogP contribution < -0.4 is 14.8 Å². The van der Waals surface area contributed by atoms with E-state index in [1.165, 1.54) is 0 Å². The van der Waals surface area contributed by atoms with Gasteiger partial charge in [-0.2, -0.15) is 0 Å². The number of nitrogens with zero attached hydrogens (tertiary/aromatic N) is 3. The molecule has 0 spiro atoms. The van der Waals surface area contributed by atoms with Crippen LogP contribution in [0.25, 0.3) is 16.8 Å². The first kappa shape index (κ1) is 22.4. The summed E-state index contributed by atoms with van der Waals surface area (Å²) in [5.74, 6) is 2.57. The second-order valence-electron chi connectivity index (χ2n) is 9.13. The minimum Gasteiger partial charge on any atom is -0.497 e. The molecule has 4 heterocycles.